The molecule has 0 aliphatic carbocycles. The van der Waals surface area contributed by atoms with Crippen molar-refractivity contribution in [1.29, 1.82) is 0 Å². The van der Waals surface area contributed by atoms with E-state index in [0.29, 0.717) is 18.5 Å². The van der Waals surface area contributed by atoms with Crippen LogP contribution >= 0.6 is 0 Å². The van der Waals surface area contributed by atoms with Gasteiger partial charge in [0.25, 0.3) is 0 Å². The average Bonchev–Trinajstić information content (AvgIpc) is 2.49. The zero-order valence-electron chi connectivity index (χ0n) is 13.0. The molecule has 116 valence electrons. The summed E-state index contributed by atoms with van der Waals surface area (Å²) in [4.78, 5) is 26.6. The average molecular weight is 292 g/mol. The van der Waals surface area contributed by atoms with Crippen LogP contribution in [0.25, 0.3) is 0 Å². The number of carboxylic acid groups (broad SMARTS) is 1. The van der Waals surface area contributed by atoms with Crippen molar-refractivity contribution < 1.29 is 14.7 Å². The van der Waals surface area contributed by atoms with E-state index in [0.717, 1.165) is 24.9 Å². The Bertz CT molecular complexity index is 488. The van der Waals surface area contributed by atoms with E-state index in [2.05, 4.69) is 6.92 Å². The van der Waals surface area contributed by atoms with Crippen LogP contribution in [0.1, 0.15) is 35.7 Å². The number of hydrogen-bond donors (Lipinski definition) is 1. The second-order valence-electron chi connectivity index (χ2n) is 5.19. The number of carboxylic acids is 1. The Balaban J connectivity index is 2.58. The zero-order valence-corrected chi connectivity index (χ0v) is 13.0. The molecular formula is C16H24N2O3. The number of amides is 2. The first-order valence-corrected chi connectivity index (χ1v) is 7.24. The number of aromatic carboxylic acids is 1. The number of carbonyl (C=O) groups is 2. The van der Waals surface area contributed by atoms with Gasteiger partial charge in [0.15, 0.2) is 0 Å². The minimum absolute atomic E-state index is 0.0312. The highest BCUT2D eigenvalue weighted by molar-refractivity contribution is 5.89. The summed E-state index contributed by atoms with van der Waals surface area (Å²) in [5, 5.41) is 9.14. The first-order chi connectivity index (χ1) is 9.97. The third-order valence-electron chi connectivity index (χ3n) is 3.46. The number of nitrogens with zero attached hydrogens (tertiary/aromatic N) is 2. The van der Waals surface area contributed by atoms with Crippen molar-refractivity contribution in [1.82, 2.24) is 9.80 Å². The Morgan fingerprint density at radius 1 is 1.10 bits per heavy atom. The van der Waals surface area contributed by atoms with Gasteiger partial charge < -0.3 is 14.9 Å². The van der Waals surface area contributed by atoms with Crippen molar-refractivity contribution in [2.75, 3.05) is 27.2 Å². The van der Waals surface area contributed by atoms with Crippen molar-refractivity contribution >= 4 is 12.0 Å². The van der Waals surface area contributed by atoms with Crippen LogP contribution in [0.2, 0.25) is 0 Å². The van der Waals surface area contributed by atoms with Gasteiger partial charge in [-0.1, -0.05) is 31.5 Å². The third kappa shape index (κ3) is 5.10. The van der Waals surface area contributed by atoms with Crippen molar-refractivity contribution in [3.05, 3.63) is 35.4 Å². The molecule has 0 bridgehead atoms. The van der Waals surface area contributed by atoms with Crippen molar-refractivity contribution in [3.63, 3.8) is 0 Å². The Morgan fingerprint density at radius 2 is 1.71 bits per heavy atom. The van der Waals surface area contributed by atoms with E-state index < -0.39 is 5.97 Å². The fraction of sp³-hybridized carbons (Fsp3) is 0.500. The first kappa shape index (κ1) is 17.0. The number of rotatable bonds is 7. The minimum Gasteiger partial charge on any atom is -0.478 e. The van der Waals surface area contributed by atoms with Crippen LogP contribution in [0.5, 0.6) is 0 Å². The van der Waals surface area contributed by atoms with Crippen LogP contribution < -0.4 is 0 Å². The van der Waals surface area contributed by atoms with Crippen LogP contribution in [-0.4, -0.2) is 54.1 Å². The van der Waals surface area contributed by atoms with Crippen LogP contribution in [0.4, 0.5) is 4.79 Å². The van der Waals surface area contributed by atoms with Gasteiger partial charge in [0.2, 0.25) is 0 Å². The fourth-order valence-corrected chi connectivity index (χ4v) is 2.11. The maximum atomic E-state index is 12.1. The molecule has 0 heterocycles. The largest absolute Gasteiger partial charge is 0.478 e. The molecule has 1 aromatic rings. The van der Waals surface area contributed by atoms with Crippen LogP contribution in [0, 0.1) is 0 Å². The van der Waals surface area contributed by atoms with E-state index >= 15 is 0 Å². The summed E-state index contributed by atoms with van der Waals surface area (Å²) >= 11 is 0. The fourth-order valence-electron chi connectivity index (χ4n) is 2.11. The van der Waals surface area contributed by atoms with Gasteiger partial charge >= 0.3 is 12.0 Å². The molecule has 0 spiro atoms. The highest BCUT2D eigenvalue weighted by Gasteiger charge is 2.15. The smallest absolute Gasteiger partial charge is 0.335 e. The predicted molar refractivity (Wildman–Crippen MR) is 82.7 cm³/mol. The van der Waals surface area contributed by atoms with E-state index in [1.165, 1.54) is 0 Å². The van der Waals surface area contributed by atoms with Gasteiger partial charge in [-0.3, -0.25) is 0 Å². The van der Waals surface area contributed by atoms with Gasteiger partial charge in [0.05, 0.1) is 5.56 Å². The molecule has 0 radical (unpaired) electrons. The maximum absolute atomic E-state index is 12.1. The van der Waals surface area contributed by atoms with Crippen LogP contribution in [0.3, 0.4) is 0 Å². The molecule has 0 saturated heterocycles. The number of benzene rings is 1. The number of urea groups is 1. The van der Waals surface area contributed by atoms with Crippen molar-refractivity contribution in [3.8, 4) is 0 Å². The Morgan fingerprint density at radius 3 is 2.33 bits per heavy atom. The summed E-state index contributed by atoms with van der Waals surface area (Å²) in [6.07, 6.45) is 2.57. The Labute approximate surface area is 126 Å². The van der Waals surface area contributed by atoms with E-state index in [4.69, 9.17) is 5.11 Å². The molecule has 2 amide bonds. The Kier molecular flexibility index (Phi) is 6.72. The summed E-state index contributed by atoms with van der Waals surface area (Å²) in [5.41, 5.74) is 1.05. The van der Waals surface area contributed by atoms with Gasteiger partial charge in [0.1, 0.15) is 0 Å². The number of carbonyl (C=O) groups excluding carboxylic acids is 1. The SMILES string of the molecule is CCCCN(C)C(=O)N(C)CCc1ccccc1C(=O)O. The monoisotopic (exact) mass is 292 g/mol. The third-order valence-corrected chi connectivity index (χ3v) is 3.46. The summed E-state index contributed by atoms with van der Waals surface area (Å²) in [7, 11) is 3.54. The van der Waals surface area contributed by atoms with Crippen LogP contribution in [-0.2, 0) is 6.42 Å². The molecule has 0 aromatic heterocycles. The van der Waals surface area contributed by atoms with E-state index in [-0.39, 0.29) is 6.03 Å². The van der Waals surface area contributed by atoms with Gasteiger partial charge in [0, 0.05) is 27.2 Å². The number of likely N-dealkylation sites (N-methyl/N-ethyl adjacent to an activating group) is 1. The molecule has 0 unspecified atom stereocenters. The van der Waals surface area contributed by atoms with Gasteiger partial charge in [-0.15, -0.1) is 0 Å². The number of unbranched alkanes of at least 4 members (excludes halogenated alkanes) is 1. The molecule has 0 aliphatic heterocycles. The Hall–Kier alpha value is -2.04. The topological polar surface area (TPSA) is 60.9 Å². The molecular weight excluding hydrogens is 268 g/mol. The maximum Gasteiger partial charge on any atom is 0.335 e. The molecule has 5 heteroatoms. The second kappa shape index (κ2) is 8.29. The second-order valence-corrected chi connectivity index (χ2v) is 5.19. The number of hydrogen-bond acceptors (Lipinski definition) is 2. The summed E-state index contributed by atoms with van der Waals surface area (Å²) in [6.45, 7) is 3.33. The lowest BCUT2D eigenvalue weighted by Crippen LogP contribution is -2.40. The van der Waals surface area contributed by atoms with E-state index in [9.17, 15) is 9.59 Å². The standard InChI is InChI=1S/C16H24N2O3/c1-4-5-11-17(2)16(21)18(3)12-10-13-8-6-7-9-14(13)15(19)20/h6-9H,4-5,10-12H2,1-3H3,(H,19,20). The summed E-state index contributed by atoms with van der Waals surface area (Å²) < 4.78 is 0. The molecule has 1 N–H and O–H groups in total. The first-order valence-electron chi connectivity index (χ1n) is 7.24. The highest BCUT2D eigenvalue weighted by Crippen LogP contribution is 2.10. The highest BCUT2D eigenvalue weighted by atomic mass is 16.4. The zero-order chi connectivity index (χ0) is 15.8. The van der Waals surface area contributed by atoms with Crippen molar-refractivity contribution in [2.24, 2.45) is 0 Å². The van der Waals surface area contributed by atoms with Gasteiger partial charge in [-0.2, -0.15) is 0 Å². The predicted octanol–water partition coefficient (Wildman–Crippen LogP) is 2.71. The molecule has 0 aliphatic rings. The molecule has 1 rings (SSSR count). The molecule has 0 fully saturated rings. The van der Waals surface area contributed by atoms with Crippen molar-refractivity contribution in [2.45, 2.75) is 26.2 Å². The van der Waals surface area contributed by atoms with E-state index in [1.54, 1.807) is 42.1 Å². The lowest BCUT2D eigenvalue weighted by Gasteiger charge is -2.25. The molecule has 5 nitrogen and oxygen atoms in total. The molecule has 0 saturated carbocycles. The molecule has 0 atom stereocenters. The molecule has 21 heavy (non-hydrogen) atoms. The lowest BCUT2D eigenvalue weighted by molar-refractivity contribution is 0.0695. The summed E-state index contributed by atoms with van der Waals surface area (Å²) in [5.74, 6) is -0.931. The summed E-state index contributed by atoms with van der Waals surface area (Å²) in [6, 6.07) is 6.88. The molecule has 1 aromatic carbocycles. The lowest BCUT2D eigenvalue weighted by atomic mass is 10.0. The van der Waals surface area contributed by atoms with Gasteiger partial charge in [-0.05, 0) is 24.5 Å². The normalized spacial score (nSPS) is 10.2. The van der Waals surface area contributed by atoms with Gasteiger partial charge in [-0.25, -0.2) is 9.59 Å². The van der Waals surface area contributed by atoms with Crippen LogP contribution in [0.15, 0.2) is 24.3 Å². The quantitative estimate of drug-likeness (QED) is 0.840. The van der Waals surface area contributed by atoms with E-state index in [1.807, 2.05) is 6.07 Å². The minimum atomic E-state index is -0.931.